The second-order valence-electron chi connectivity index (χ2n) is 2.08. The van der Waals surface area contributed by atoms with Gasteiger partial charge in [0.05, 0.1) is 33.0 Å². The molecule has 103 valence electrons. The summed E-state index contributed by atoms with van der Waals surface area (Å²) in [6.45, 7) is 8.57. The van der Waals surface area contributed by atoms with E-state index in [4.69, 9.17) is 34.8 Å². The third-order valence-corrected chi connectivity index (χ3v) is 1.13. The maximum absolute atomic E-state index is 9.36. The van der Waals surface area contributed by atoms with Crippen LogP contribution in [0.15, 0.2) is 34.8 Å². The Hall–Kier alpha value is -0.149. The fraction of sp³-hybridized carbons (Fsp3) is 0. The summed E-state index contributed by atoms with van der Waals surface area (Å²) in [5, 5.41) is 26.7. The molecule has 0 bridgehead atoms. The van der Waals surface area contributed by atoms with E-state index >= 15 is 0 Å². The van der Waals surface area contributed by atoms with Gasteiger partial charge in [0.15, 0.2) is 0 Å². The predicted octanol–water partition coefficient (Wildman–Crippen LogP) is -1.53. The summed E-state index contributed by atoms with van der Waals surface area (Å²) in [7, 11) is 0. The zero-order valence-electron chi connectivity index (χ0n) is 9.20. The molecule has 0 aliphatic rings. The van der Waals surface area contributed by atoms with Gasteiger partial charge in [0.1, 0.15) is 0 Å². The van der Waals surface area contributed by atoms with E-state index in [2.05, 4.69) is 19.7 Å². The van der Waals surface area contributed by atoms with E-state index < -0.39 is 33.0 Å². The first-order chi connectivity index (χ1) is 7.93. The zero-order valence-corrected chi connectivity index (χ0v) is 14.7. The molecule has 0 atom stereocenters. The van der Waals surface area contributed by atoms with Gasteiger partial charge in [0, 0.05) is 0 Å². The quantitative estimate of drug-likeness (QED) is 0.471. The van der Waals surface area contributed by atoms with Crippen molar-refractivity contribution < 1.29 is 70.5 Å². The van der Waals surface area contributed by atoms with Crippen LogP contribution >= 0.6 is 34.8 Å². The molecule has 0 aliphatic carbocycles. The SMILES string of the molecule is C=C(Cl)C(=O)[O-].C=C(Cl)C(=O)[O-].C=C(Cl)C(=O)[O-].[Nd+3]. The second kappa shape index (κ2) is 15.9. The largest absolute Gasteiger partial charge is 3.00 e. The standard InChI is InChI=1S/3C3H3ClO2.Nd/c3*1-2(4)3(5)6;/h3*1H2,(H,5,6);/q;;;+3/p-3. The maximum atomic E-state index is 9.36. The van der Waals surface area contributed by atoms with Crippen LogP contribution in [0.5, 0.6) is 0 Å². The van der Waals surface area contributed by atoms with Gasteiger partial charge in [-0.25, -0.2) is 0 Å². The molecule has 0 saturated carbocycles. The number of carboxylic acids is 3. The number of aliphatic carboxylic acids is 3. The maximum Gasteiger partial charge on any atom is 3.00 e. The molecule has 0 fully saturated rings. The Morgan fingerprint density at radius 3 is 0.684 bits per heavy atom. The molecule has 0 N–H and O–H groups in total. The smallest absolute Gasteiger partial charge is 0.544 e. The summed E-state index contributed by atoms with van der Waals surface area (Å²) in [6.07, 6.45) is 0. The number of carboxylic acid groups (broad SMARTS) is 3. The van der Waals surface area contributed by atoms with E-state index in [1.807, 2.05) is 0 Å². The Bertz CT molecular complexity index is 287. The minimum absolute atomic E-state index is 0. The Balaban J connectivity index is -0.0000000865. The van der Waals surface area contributed by atoms with E-state index in [9.17, 15) is 29.7 Å². The van der Waals surface area contributed by atoms with Gasteiger partial charge >= 0.3 is 40.8 Å². The van der Waals surface area contributed by atoms with Gasteiger partial charge in [-0.15, -0.1) is 0 Å². The van der Waals surface area contributed by atoms with Crippen LogP contribution < -0.4 is 15.3 Å². The van der Waals surface area contributed by atoms with Gasteiger partial charge in [0.25, 0.3) is 0 Å². The van der Waals surface area contributed by atoms with E-state index in [1.54, 1.807) is 0 Å². The average molecular weight is 461 g/mol. The third-order valence-electron chi connectivity index (χ3n) is 0.664. The van der Waals surface area contributed by atoms with Crippen LogP contribution in [-0.4, -0.2) is 17.9 Å². The number of carbonyl (C=O) groups is 3. The van der Waals surface area contributed by atoms with Crippen LogP contribution in [0.4, 0.5) is 0 Å². The van der Waals surface area contributed by atoms with Gasteiger partial charge in [0.2, 0.25) is 0 Å². The van der Waals surface area contributed by atoms with E-state index in [-0.39, 0.29) is 40.8 Å². The van der Waals surface area contributed by atoms with E-state index in [0.29, 0.717) is 0 Å². The summed E-state index contributed by atoms with van der Waals surface area (Å²) in [5.41, 5.74) is 0. The van der Waals surface area contributed by atoms with Crippen molar-refractivity contribution in [2.24, 2.45) is 0 Å². The van der Waals surface area contributed by atoms with Crippen LogP contribution in [0, 0.1) is 40.8 Å². The van der Waals surface area contributed by atoms with Crippen molar-refractivity contribution in [1.82, 2.24) is 0 Å². The van der Waals surface area contributed by atoms with Crippen LogP contribution in [0.1, 0.15) is 0 Å². The topological polar surface area (TPSA) is 120 Å². The minimum Gasteiger partial charge on any atom is -0.544 e. The average Bonchev–Trinajstić information content (AvgIpc) is 2.18. The van der Waals surface area contributed by atoms with E-state index in [0.717, 1.165) is 0 Å². The van der Waals surface area contributed by atoms with Crippen molar-refractivity contribution >= 4 is 52.7 Å². The molecule has 6 nitrogen and oxygen atoms in total. The monoisotopic (exact) mass is 457 g/mol. The zero-order chi connectivity index (χ0) is 15.5. The van der Waals surface area contributed by atoms with Crippen LogP contribution in [0.25, 0.3) is 0 Å². The van der Waals surface area contributed by atoms with Crippen molar-refractivity contribution in [3.8, 4) is 0 Å². The molecule has 0 aliphatic heterocycles. The predicted molar refractivity (Wildman–Crippen MR) is 60.0 cm³/mol. The first-order valence-corrected chi connectivity index (χ1v) is 4.74. The molecule has 0 spiro atoms. The summed E-state index contributed by atoms with van der Waals surface area (Å²) in [4.78, 5) is 28.1. The van der Waals surface area contributed by atoms with Crippen molar-refractivity contribution in [1.29, 1.82) is 0 Å². The molecule has 0 aromatic carbocycles. The van der Waals surface area contributed by atoms with Crippen molar-refractivity contribution in [3.05, 3.63) is 34.8 Å². The van der Waals surface area contributed by atoms with E-state index in [1.165, 1.54) is 0 Å². The molecule has 0 aromatic rings. The summed E-state index contributed by atoms with van der Waals surface area (Å²) in [5.74, 6) is -4.26. The molecule has 19 heavy (non-hydrogen) atoms. The molecule has 10 heteroatoms. The summed E-state index contributed by atoms with van der Waals surface area (Å²) < 4.78 is 0. The number of hydrogen-bond acceptors (Lipinski definition) is 6. The first kappa shape index (κ1) is 27.2. The Kier molecular flexibility index (Phi) is 22.8. The Labute approximate surface area is 156 Å². The number of halogens is 3. The van der Waals surface area contributed by atoms with Crippen molar-refractivity contribution in [2.75, 3.05) is 0 Å². The number of carbonyl (C=O) groups excluding carboxylic acids is 3. The fourth-order valence-corrected chi connectivity index (χ4v) is 0. The summed E-state index contributed by atoms with van der Waals surface area (Å²) in [6, 6.07) is 0. The molecule has 0 heterocycles. The molecular weight excluding hydrogens is 455 g/mol. The van der Waals surface area contributed by atoms with Crippen molar-refractivity contribution in [2.45, 2.75) is 0 Å². The molecule has 0 rings (SSSR count). The van der Waals surface area contributed by atoms with Crippen LogP contribution in [0.3, 0.4) is 0 Å². The Morgan fingerprint density at radius 1 is 0.632 bits per heavy atom. The normalized spacial score (nSPS) is 7.11. The van der Waals surface area contributed by atoms with Gasteiger partial charge < -0.3 is 29.7 Å². The van der Waals surface area contributed by atoms with Gasteiger partial charge in [-0.2, -0.15) is 0 Å². The first-order valence-electron chi connectivity index (χ1n) is 3.60. The van der Waals surface area contributed by atoms with Gasteiger partial charge in [-0.1, -0.05) is 54.5 Å². The second-order valence-corrected chi connectivity index (χ2v) is 3.45. The Morgan fingerprint density at radius 2 is 0.684 bits per heavy atom. The summed E-state index contributed by atoms with van der Waals surface area (Å²) >= 11 is 14.3. The minimum atomic E-state index is -1.42. The molecule has 0 unspecified atom stereocenters. The number of rotatable bonds is 3. The molecular formula is C9H6Cl3NdO6. The number of hydrogen-bond donors (Lipinski definition) is 0. The van der Waals surface area contributed by atoms with Crippen molar-refractivity contribution in [3.63, 3.8) is 0 Å². The molecule has 1 radical (unpaired) electrons. The molecule has 0 aromatic heterocycles. The van der Waals surface area contributed by atoms with Gasteiger partial charge in [-0.3, -0.25) is 0 Å². The van der Waals surface area contributed by atoms with Gasteiger partial charge in [-0.05, 0) is 0 Å². The van der Waals surface area contributed by atoms with Crippen LogP contribution in [0.2, 0.25) is 0 Å². The van der Waals surface area contributed by atoms with Crippen LogP contribution in [-0.2, 0) is 14.4 Å². The molecule has 0 saturated heterocycles. The fourth-order valence-electron chi connectivity index (χ4n) is 0. The molecule has 0 amide bonds. The third kappa shape index (κ3) is 31.9.